The lowest BCUT2D eigenvalue weighted by Gasteiger charge is -2.18. The molecule has 0 aliphatic heterocycles. The van der Waals surface area contributed by atoms with Gasteiger partial charge in [0, 0.05) is 24.0 Å². The number of rotatable bonds is 10. The highest BCUT2D eigenvalue weighted by molar-refractivity contribution is 5.81. The Hall–Kier alpha value is -3.80. The van der Waals surface area contributed by atoms with Crippen LogP contribution in [0, 0.1) is 18.6 Å². The van der Waals surface area contributed by atoms with Crippen LogP contribution in [-0.2, 0) is 0 Å². The van der Waals surface area contributed by atoms with Crippen molar-refractivity contribution >= 4 is 22.8 Å². The molecule has 0 fully saturated rings. The molecule has 0 spiro atoms. The molecule has 0 aromatic heterocycles. The molecule has 0 heterocycles. The first-order valence-electron chi connectivity index (χ1n) is 10.3. The van der Waals surface area contributed by atoms with Gasteiger partial charge in [-0.25, -0.2) is 8.78 Å². The van der Waals surface area contributed by atoms with Crippen LogP contribution in [0.2, 0.25) is 0 Å². The van der Waals surface area contributed by atoms with Crippen molar-refractivity contribution in [3.8, 4) is 5.75 Å². The van der Waals surface area contributed by atoms with Crippen molar-refractivity contribution in [2.75, 3.05) is 18.5 Å². The average Bonchev–Trinajstić information content (AvgIpc) is 2.75. The summed E-state index contributed by atoms with van der Waals surface area (Å²) in [6, 6.07) is 17.0. The van der Waals surface area contributed by atoms with Gasteiger partial charge in [-0.2, -0.15) is 0 Å². The molecule has 0 saturated heterocycles. The average molecular weight is 436 g/mol. The second-order valence-corrected chi connectivity index (χ2v) is 7.43. The number of hydrogen-bond acceptors (Lipinski definition) is 4. The van der Waals surface area contributed by atoms with Crippen LogP contribution in [0.1, 0.15) is 23.1 Å². The predicted molar refractivity (Wildman–Crippen MR) is 128 cm³/mol. The topological polar surface area (TPSA) is 59.3 Å². The molecule has 4 nitrogen and oxygen atoms in total. The van der Waals surface area contributed by atoms with Crippen molar-refractivity contribution in [2.45, 2.75) is 13.3 Å². The number of hydrogen-bond donors (Lipinski definition) is 3. The zero-order chi connectivity index (χ0) is 23.1. The van der Waals surface area contributed by atoms with E-state index in [9.17, 15) is 8.78 Å². The number of nitrogens with two attached hydrogens (primary N) is 1. The Balaban J connectivity index is 1.67. The summed E-state index contributed by atoms with van der Waals surface area (Å²) in [7, 11) is 0. The van der Waals surface area contributed by atoms with Gasteiger partial charge in [0.1, 0.15) is 17.4 Å². The standard InChI is InChI=1S/C26H27F2N3O/c1-17-10-11-23(22(28)14-17)31-24-15-21(27)16-25(26(24)18(2)29)32-13-7-12-30-19(3)20-8-5-4-6-9-20/h4-6,8-11,14-16,30-31H,2-3,7,12-13,29H2,1H3. The Labute approximate surface area is 187 Å². The summed E-state index contributed by atoms with van der Waals surface area (Å²) in [5.74, 6) is -0.736. The minimum atomic E-state index is -0.532. The van der Waals surface area contributed by atoms with Gasteiger partial charge in [-0.05, 0) is 42.7 Å². The number of nitrogens with one attached hydrogen (secondary N) is 2. The maximum absolute atomic E-state index is 14.3. The molecule has 3 rings (SSSR count). The molecule has 6 heteroatoms. The zero-order valence-electron chi connectivity index (χ0n) is 18.1. The van der Waals surface area contributed by atoms with E-state index in [1.54, 1.807) is 19.1 Å². The highest BCUT2D eigenvalue weighted by atomic mass is 19.1. The highest BCUT2D eigenvalue weighted by Gasteiger charge is 2.16. The third kappa shape index (κ3) is 5.88. The fourth-order valence-electron chi connectivity index (χ4n) is 3.23. The number of ether oxygens (including phenoxy) is 1. The number of aryl methyl sites for hydroxylation is 1. The summed E-state index contributed by atoms with van der Waals surface area (Å²) in [6.45, 7) is 10.5. The summed E-state index contributed by atoms with van der Waals surface area (Å²) in [5, 5.41) is 6.15. The Bertz CT molecular complexity index is 1110. The summed E-state index contributed by atoms with van der Waals surface area (Å²) in [5.41, 5.74) is 9.65. The summed E-state index contributed by atoms with van der Waals surface area (Å²) in [4.78, 5) is 0. The fraction of sp³-hybridized carbons (Fsp3) is 0.154. The summed E-state index contributed by atoms with van der Waals surface area (Å²) >= 11 is 0. The smallest absolute Gasteiger partial charge is 0.146 e. The van der Waals surface area contributed by atoms with Gasteiger partial charge in [-0.3, -0.25) is 0 Å². The maximum atomic E-state index is 14.3. The van der Waals surface area contributed by atoms with Gasteiger partial charge < -0.3 is 21.1 Å². The van der Waals surface area contributed by atoms with Gasteiger partial charge in [0.05, 0.1) is 23.5 Å². The molecule has 3 aromatic carbocycles. The molecule has 0 atom stereocenters. The molecule has 0 bridgehead atoms. The third-order valence-electron chi connectivity index (χ3n) is 4.82. The van der Waals surface area contributed by atoms with E-state index in [0.29, 0.717) is 25.1 Å². The summed E-state index contributed by atoms with van der Waals surface area (Å²) in [6.07, 6.45) is 0.647. The molecule has 0 unspecified atom stereocenters. The molecule has 32 heavy (non-hydrogen) atoms. The van der Waals surface area contributed by atoms with Gasteiger partial charge in [-0.15, -0.1) is 0 Å². The monoisotopic (exact) mass is 435 g/mol. The highest BCUT2D eigenvalue weighted by Crippen LogP contribution is 2.34. The second-order valence-electron chi connectivity index (χ2n) is 7.43. The molecule has 0 saturated carbocycles. The Morgan fingerprint density at radius 3 is 2.44 bits per heavy atom. The molecular formula is C26H27F2N3O. The third-order valence-corrected chi connectivity index (χ3v) is 4.82. The van der Waals surface area contributed by atoms with Gasteiger partial charge in [0.2, 0.25) is 0 Å². The van der Waals surface area contributed by atoms with E-state index in [4.69, 9.17) is 10.5 Å². The van der Waals surface area contributed by atoms with Crippen LogP contribution in [0.3, 0.4) is 0 Å². The van der Waals surface area contributed by atoms with E-state index in [1.165, 1.54) is 18.2 Å². The van der Waals surface area contributed by atoms with Crippen molar-refractivity contribution in [1.82, 2.24) is 5.32 Å². The van der Waals surface area contributed by atoms with Crippen LogP contribution in [-0.4, -0.2) is 13.2 Å². The van der Waals surface area contributed by atoms with Crippen LogP contribution in [0.4, 0.5) is 20.2 Å². The molecule has 0 aliphatic carbocycles. The molecule has 0 aliphatic rings. The van der Waals surface area contributed by atoms with E-state index in [-0.39, 0.29) is 22.8 Å². The quantitative estimate of drug-likeness (QED) is 0.343. The lowest BCUT2D eigenvalue weighted by molar-refractivity contribution is 0.309. The summed E-state index contributed by atoms with van der Waals surface area (Å²) < 4.78 is 34.4. The molecule has 0 amide bonds. The number of halogens is 2. The van der Waals surface area contributed by atoms with E-state index >= 15 is 0 Å². The van der Waals surface area contributed by atoms with Crippen molar-refractivity contribution in [1.29, 1.82) is 0 Å². The van der Waals surface area contributed by atoms with Gasteiger partial charge in [0.25, 0.3) is 0 Å². The lowest BCUT2D eigenvalue weighted by atomic mass is 10.1. The maximum Gasteiger partial charge on any atom is 0.146 e. The number of anilines is 2. The van der Waals surface area contributed by atoms with E-state index < -0.39 is 11.6 Å². The van der Waals surface area contributed by atoms with Crippen molar-refractivity contribution in [2.24, 2.45) is 5.73 Å². The van der Waals surface area contributed by atoms with Gasteiger partial charge in [-0.1, -0.05) is 49.6 Å². The largest absolute Gasteiger partial charge is 0.493 e. The van der Waals surface area contributed by atoms with Crippen molar-refractivity contribution in [3.05, 3.63) is 102 Å². The normalized spacial score (nSPS) is 10.5. The van der Waals surface area contributed by atoms with Crippen LogP contribution in [0.25, 0.3) is 11.4 Å². The van der Waals surface area contributed by atoms with Gasteiger partial charge in [0.15, 0.2) is 0 Å². The van der Waals surface area contributed by atoms with Crippen molar-refractivity contribution in [3.63, 3.8) is 0 Å². The first-order valence-corrected chi connectivity index (χ1v) is 10.3. The van der Waals surface area contributed by atoms with Crippen LogP contribution >= 0.6 is 0 Å². The predicted octanol–water partition coefficient (Wildman–Crippen LogP) is 5.98. The van der Waals surface area contributed by atoms with E-state index in [0.717, 1.165) is 16.8 Å². The molecule has 4 N–H and O–H groups in total. The minimum Gasteiger partial charge on any atom is -0.493 e. The van der Waals surface area contributed by atoms with E-state index in [2.05, 4.69) is 23.8 Å². The molecule has 0 radical (unpaired) electrons. The van der Waals surface area contributed by atoms with Gasteiger partial charge >= 0.3 is 0 Å². The Morgan fingerprint density at radius 1 is 1.00 bits per heavy atom. The van der Waals surface area contributed by atoms with Crippen LogP contribution < -0.4 is 21.1 Å². The van der Waals surface area contributed by atoms with Crippen LogP contribution in [0.5, 0.6) is 5.75 Å². The second kappa shape index (κ2) is 10.5. The number of benzene rings is 3. The molecule has 166 valence electrons. The molecule has 3 aromatic rings. The first kappa shape index (κ1) is 22.9. The van der Waals surface area contributed by atoms with Crippen LogP contribution in [0.15, 0.2) is 73.8 Å². The lowest BCUT2D eigenvalue weighted by Crippen LogP contribution is -2.16. The molecular weight excluding hydrogens is 408 g/mol. The van der Waals surface area contributed by atoms with Crippen molar-refractivity contribution < 1.29 is 13.5 Å². The minimum absolute atomic E-state index is 0.186. The Kier molecular flexibility index (Phi) is 7.49. The first-order chi connectivity index (χ1) is 15.3. The SMILES string of the molecule is C=C(NCCCOc1cc(F)cc(Nc2ccc(C)cc2F)c1C(=C)N)c1ccccc1. The van der Waals surface area contributed by atoms with E-state index in [1.807, 2.05) is 30.3 Å². The zero-order valence-corrected chi connectivity index (χ0v) is 18.1. The Morgan fingerprint density at radius 2 is 1.75 bits per heavy atom. The fourth-order valence-corrected chi connectivity index (χ4v) is 3.23.